The lowest BCUT2D eigenvalue weighted by molar-refractivity contribution is -0.132. The van der Waals surface area contributed by atoms with Crippen LogP contribution in [-0.2, 0) is 11.3 Å². The fourth-order valence-electron chi connectivity index (χ4n) is 4.42. The molecule has 9 nitrogen and oxygen atoms in total. The molecule has 1 aromatic carbocycles. The lowest BCUT2D eigenvalue weighted by atomic mass is 10.2. The number of pyridine rings is 1. The lowest BCUT2D eigenvalue weighted by Crippen LogP contribution is -2.50. The number of rotatable bonds is 4. The minimum absolute atomic E-state index is 0.0381. The van der Waals surface area contributed by atoms with E-state index in [1.807, 2.05) is 47.6 Å². The Hall–Kier alpha value is -3.72. The molecule has 1 aliphatic heterocycles. The molecule has 1 amide bonds. The van der Waals surface area contributed by atoms with Gasteiger partial charge in [0.2, 0.25) is 5.91 Å². The molecular formula is C24H24ClN7O2. The number of carbonyl (C=O) groups is 1. The van der Waals surface area contributed by atoms with Crippen LogP contribution in [0.3, 0.4) is 0 Å². The Morgan fingerprint density at radius 2 is 1.76 bits per heavy atom. The van der Waals surface area contributed by atoms with Crippen LogP contribution < -0.4 is 10.3 Å². The maximum atomic E-state index is 13.0. The van der Waals surface area contributed by atoms with E-state index >= 15 is 0 Å². The molecule has 0 unspecified atom stereocenters. The molecule has 10 heteroatoms. The van der Waals surface area contributed by atoms with E-state index in [4.69, 9.17) is 11.6 Å². The van der Waals surface area contributed by atoms with Crippen LogP contribution in [0, 0.1) is 13.8 Å². The van der Waals surface area contributed by atoms with Crippen molar-refractivity contribution in [2.45, 2.75) is 20.4 Å². The first-order valence-corrected chi connectivity index (χ1v) is 11.4. The molecule has 0 aliphatic carbocycles. The standard InChI is InChI=1S/C24H24ClN7O2/c1-16-10-20(33)11-17(2)31(16)14-22(34)29-6-8-30(9-7-29)23-21-13-28-32(24(21)27-15-26-23)19-5-3-4-18(25)12-19/h3-5,10-13,15H,6-9,14H2,1-2H3. The molecule has 0 bridgehead atoms. The van der Waals surface area contributed by atoms with Crippen molar-refractivity contribution in [3.63, 3.8) is 0 Å². The highest BCUT2D eigenvalue weighted by Crippen LogP contribution is 2.26. The maximum Gasteiger partial charge on any atom is 0.242 e. The van der Waals surface area contributed by atoms with E-state index in [2.05, 4.69) is 20.0 Å². The van der Waals surface area contributed by atoms with Gasteiger partial charge in [0.15, 0.2) is 11.1 Å². The van der Waals surface area contributed by atoms with Gasteiger partial charge in [0.25, 0.3) is 0 Å². The quantitative estimate of drug-likeness (QED) is 0.449. The molecule has 1 aliphatic rings. The van der Waals surface area contributed by atoms with Crippen LogP contribution in [0.1, 0.15) is 11.4 Å². The van der Waals surface area contributed by atoms with Gasteiger partial charge in [-0.3, -0.25) is 9.59 Å². The van der Waals surface area contributed by atoms with E-state index in [1.165, 1.54) is 0 Å². The summed E-state index contributed by atoms with van der Waals surface area (Å²) in [5.74, 6) is 0.841. The number of halogens is 1. The van der Waals surface area contributed by atoms with Gasteiger partial charge >= 0.3 is 0 Å². The number of anilines is 1. The van der Waals surface area contributed by atoms with E-state index in [9.17, 15) is 9.59 Å². The van der Waals surface area contributed by atoms with Crippen molar-refractivity contribution in [1.82, 2.24) is 29.2 Å². The second-order valence-corrected chi connectivity index (χ2v) is 8.84. The highest BCUT2D eigenvalue weighted by molar-refractivity contribution is 6.30. The maximum absolute atomic E-state index is 13.0. The summed E-state index contributed by atoms with van der Waals surface area (Å²) in [6, 6.07) is 10.6. The monoisotopic (exact) mass is 477 g/mol. The van der Waals surface area contributed by atoms with Crippen LogP contribution in [-0.4, -0.2) is 61.3 Å². The number of hydrogen-bond acceptors (Lipinski definition) is 6. The Morgan fingerprint density at radius 3 is 2.47 bits per heavy atom. The second kappa shape index (κ2) is 8.90. The van der Waals surface area contributed by atoms with E-state index in [-0.39, 0.29) is 17.9 Å². The Morgan fingerprint density at radius 1 is 1.03 bits per heavy atom. The Balaban J connectivity index is 1.32. The Labute approximate surface area is 201 Å². The molecule has 0 N–H and O–H groups in total. The van der Waals surface area contributed by atoms with Crippen LogP contribution in [0.25, 0.3) is 16.7 Å². The average molecular weight is 478 g/mol. The number of hydrogen-bond donors (Lipinski definition) is 0. The highest BCUT2D eigenvalue weighted by Gasteiger charge is 2.24. The van der Waals surface area contributed by atoms with Crippen molar-refractivity contribution in [2.75, 3.05) is 31.1 Å². The van der Waals surface area contributed by atoms with Crippen LogP contribution in [0.4, 0.5) is 5.82 Å². The number of benzene rings is 1. The van der Waals surface area contributed by atoms with Gasteiger partial charge in [-0.15, -0.1) is 0 Å². The first-order valence-electron chi connectivity index (χ1n) is 11.1. The van der Waals surface area contributed by atoms with Gasteiger partial charge < -0.3 is 14.4 Å². The van der Waals surface area contributed by atoms with E-state index in [1.54, 1.807) is 29.3 Å². The minimum Gasteiger partial charge on any atom is -0.352 e. The van der Waals surface area contributed by atoms with E-state index in [0.29, 0.717) is 36.8 Å². The number of fused-ring (bicyclic) bond motifs is 1. The molecule has 3 aromatic heterocycles. The third kappa shape index (κ3) is 4.14. The van der Waals surface area contributed by atoms with Crippen LogP contribution in [0.2, 0.25) is 5.02 Å². The average Bonchev–Trinajstić information content (AvgIpc) is 3.26. The van der Waals surface area contributed by atoms with Gasteiger partial charge in [0, 0.05) is 54.7 Å². The van der Waals surface area contributed by atoms with Crippen molar-refractivity contribution >= 4 is 34.4 Å². The number of carbonyl (C=O) groups excluding carboxylic acids is 1. The Kier molecular flexibility index (Phi) is 5.79. The summed E-state index contributed by atoms with van der Waals surface area (Å²) in [5.41, 5.74) is 3.07. The van der Waals surface area contributed by atoms with Gasteiger partial charge in [-0.2, -0.15) is 5.10 Å². The van der Waals surface area contributed by atoms with Crippen molar-refractivity contribution in [2.24, 2.45) is 0 Å². The molecule has 5 rings (SSSR count). The molecule has 0 radical (unpaired) electrons. The molecule has 4 heterocycles. The SMILES string of the molecule is Cc1cc(=O)cc(C)n1CC(=O)N1CCN(c2ncnc3c2cnn3-c2cccc(Cl)c2)CC1. The first kappa shape index (κ1) is 22.1. The largest absolute Gasteiger partial charge is 0.352 e. The predicted octanol–water partition coefficient (Wildman–Crippen LogP) is 2.60. The second-order valence-electron chi connectivity index (χ2n) is 8.40. The van der Waals surface area contributed by atoms with Gasteiger partial charge in [0.05, 0.1) is 17.3 Å². The summed E-state index contributed by atoms with van der Waals surface area (Å²) in [6.07, 6.45) is 3.31. The molecule has 0 saturated carbocycles. The van der Waals surface area contributed by atoms with E-state index in [0.717, 1.165) is 28.3 Å². The number of amides is 1. The number of aromatic nitrogens is 5. The topological polar surface area (TPSA) is 89.2 Å². The zero-order valence-electron chi connectivity index (χ0n) is 19.0. The summed E-state index contributed by atoms with van der Waals surface area (Å²) in [7, 11) is 0. The van der Waals surface area contributed by atoms with E-state index < -0.39 is 0 Å². The molecule has 34 heavy (non-hydrogen) atoms. The zero-order chi connectivity index (χ0) is 23.8. The molecule has 174 valence electrons. The molecule has 4 aromatic rings. The lowest BCUT2D eigenvalue weighted by Gasteiger charge is -2.36. The smallest absolute Gasteiger partial charge is 0.242 e. The van der Waals surface area contributed by atoms with Gasteiger partial charge in [-0.1, -0.05) is 17.7 Å². The predicted molar refractivity (Wildman–Crippen MR) is 131 cm³/mol. The third-order valence-corrected chi connectivity index (χ3v) is 6.41. The summed E-state index contributed by atoms with van der Waals surface area (Å²) < 4.78 is 3.63. The van der Waals surface area contributed by atoms with Crippen LogP contribution in [0.15, 0.2) is 53.7 Å². The third-order valence-electron chi connectivity index (χ3n) is 6.18. The summed E-state index contributed by atoms with van der Waals surface area (Å²) in [5, 5.41) is 5.99. The van der Waals surface area contributed by atoms with Crippen molar-refractivity contribution in [1.29, 1.82) is 0 Å². The number of nitrogens with zero attached hydrogens (tertiary/aromatic N) is 7. The Bertz CT molecular complexity index is 1410. The normalized spacial score (nSPS) is 14.1. The first-order chi connectivity index (χ1) is 16.4. The molecular weight excluding hydrogens is 454 g/mol. The fraction of sp³-hybridized carbons (Fsp3) is 0.292. The van der Waals surface area contributed by atoms with Crippen LogP contribution in [0.5, 0.6) is 0 Å². The summed E-state index contributed by atoms with van der Waals surface area (Å²) >= 11 is 6.15. The molecule has 1 fully saturated rings. The minimum atomic E-state index is -0.0397. The number of aryl methyl sites for hydroxylation is 2. The summed E-state index contributed by atoms with van der Waals surface area (Å²) in [4.78, 5) is 37.6. The van der Waals surface area contributed by atoms with Gasteiger partial charge in [-0.25, -0.2) is 14.6 Å². The number of piperazine rings is 1. The summed E-state index contributed by atoms with van der Waals surface area (Å²) in [6.45, 7) is 6.41. The van der Waals surface area contributed by atoms with Gasteiger partial charge in [0.1, 0.15) is 18.7 Å². The van der Waals surface area contributed by atoms with Crippen LogP contribution >= 0.6 is 11.6 Å². The fourth-order valence-corrected chi connectivity index (χ4v) is 4.60. The highest BCUT2D eigenvalue weighted by atomic mass is 35.5. The van der Waals surface area contributed by atoms with Crippen molar-refractivity contribution in [3.8, 4) is 5.69 Å². The van der Waals surface area contributed by atoms with Crippen molar-refractivity contribution in [3.05, 3.63) is 75.6 Å². The van der Waals surface area contributed by atoms with Crippen molar-refractivity contribution < 1.29 is 4.79 Å². The molecule has 0 atom stereocenters. The molecule has 1 saturated heterocycles. The zero-order valence-corrected chi connectivity index (χ0v) is 19.7. The van der Waals surface area contributed by atoms with Gasteiger partial charge in [-0.05, 0) is 32.0 Å². The molecule has 0 spiro atoms.